The highest BCUT2D eigenvalue weighted by Gasteiger charge is 2.09. The summed E-state index contributed by atoms with van der Waals surface area (Å²) in [6, 6.07) is 14.2. The van der Waals surface area contributed by atoms with Gasteiger partial charge in [0.1, 0.15) is 11.6 Å². The minimum absolute atomic E-state index is 0.269. The number of anilines is 2. The molecular formula is C23H25N5O. The third-order valence-corrected chi connectivity index (χ3v) is 5.30. The molecule has 0 aliphatic heterocycles. The zero-order valence-electron chi connectivity index (χ0n) is 16.9. The molecule has 4 aromatic rings. The molecule has 0 amide bonds. The van der Waals surface area contributed by atoms with E-state index in [9.17, 15) is 0 Å². The molecule has 6 heteroatoms. The van der Waals surface area contributed by atoms with Crippen molar-refractivity contribution in [1.82, 2.24) is 15.0 Å². The van der Waals surface area contributed by atoms with Crippen LogP contribution in [0, 0.1) is 13.8 Å². The molecule has 0 saturated carbocycles. The van der Waals surface area contributed by atoms with E-state index in [2.05, 4.69) is 52.3 Å². The van der Waals surface area contributed by atoms with Crippen LogP contribution in [0.4, 0.5) is 11.8 Å². The third-order valence-electron chi connectivity index (χ3n) is 5.30. The van der Waals surface area contributed by atoms with Gasteiger partial charge in [-0.25, -0.2) is 4.98 Å². The Hall–Kier alpha value is -3.54. The lowest BCUT2D eigenvalue weighted by molar-refractivity contribution is 0.415. The van der Waals surface area contributed by atoms with Crippen LogP contribution in [0.5, 0.6) is 5.75 Å². The molecule has 2 aromatic heterocycles. The normalized spacial score (nSPS) is 11.0. The highest BCUT2D eigenvalue weighted by Crippen LogP contribution is 2.26. The quantitative estimate of drug-likeness (QED) is 0.454. The number of aromatic nitrogens is 3. The summed E-state index contributed by atoms with van der Waals surface area (Å²) in [7, 11) is 1.68. The van der Waals surface area contributed by atoms with Crippen LogP contribution in [0.1, 0.15) is 16.7 Å². The van der Waals surface area contributed by atoms with Crippen molar-refractivity contribution in [2.45, 2.75) is 20.3 Å². The fourth-order valence-electron chi connectivity index (χ4n) is 3.55. The number of nitrogen functional groups attached to an aromatic ring is 1. The van der Waals surface area contributed by atoms with Gasteiger partial charge in [-0.1, -0.05) is 18.2 Å². The topological polar surface area (TPSA) is 88.8 Å². The highest BCUT2D eigenvalue weighted by molar-refractivity contribution is 5.84. The molecule has 0 aliphatic rings. The van der Waals surface area contributed by atoms with Gasteiger partial charge >= 0.3 is 0 Å². The molecule has 0 unspecified atom stereocenters. The number of nitrogens with zero attached hydrogens (tertiary/aromatic N) is 2. The maximum absolute atomic E-state index is 5.97. The smallest absolute Gasteiger partial charge is 0.222 e. The molecule has 6 nitrogen and oxygen atoms in total. The Bertz CT molecular complexity index is 1170. The van der Waals surface area contributed by atoms with E-state index in [0.29, 0.717) is 0 Å². The van der Waals surface area contributed by atoms with Crippen LogP contribution in [0.25, 0.3) is 22.2 Å². The van der Waals surface area contributed by atoms with Gasteiger partial charge in [0.05, 0.1) is 12.8 Å². The Morgan fingerprint density at radius 3 is 2.79 bits per heavy atom. The van der Waals surface area contributed by atoms with Gasteiger partial charge in [0, 0.05) is 41.3 Å². The van der Waals surface area contributed by atoms with Crippen LogP contribution in [0.15, 0.2) is 48.7 Å². The molecule has 4 rings (SSSR count). The Balaban J connectivity index is 1.51. The van der Waals surface area contributed by atoms with Crippen LogP contribution in [0.2, 0.25) is 0 Å². The molecule has 148 valence electrons. The largest absolute Gasteiger partial charge is 0.497 e. The lowest BCUT2D eigenvalue weighted by atomic mass is 10.0. The lowest BCUT2D eigenvalue weighted by Gasteiger charge is -2.11. The number of aromatic amines is 1. The average Bonchev–Trinajstić information content (AvgIpc) is 3.12. The zero-order valence-corrected chi connectivity index (χ0v) is 16.9. The number of nitrogens with two attached hydrogens (primary N) is 1. The van der Waals surface area contributed by atoms with E-state index in [1.54, 1.807) is 7.11 Å². The van der Waals surface area contributed by atoms with Crippen molar-refractivity contribution in [1.29, 1.82) is 0 Å². The maximum atomic E-state index is 5.97. The van der Waals surface area contributed by atoms with Crippen molar-refractivity contribution in [3.63, 3.8) is 0 Å². The van der Waals surface area contributed by atoms with Gasteiger partial charge in [-0.2, -0.15) is 4.98 Å². The number of H-pyrrole nitrogens is 1. The van der Waals surface area contributed by atoms with E-state index in [1.807, 2.05) is 30.5 Å². The SMILES string of the molecule is COc1ccc2c(CCNc3cc(-c4cccc(C)c4C)nc(N)n3)c[nH]c2c1. The number of ether oxygens (including phenoxy) is 1. The Morgan fingerprint density at radius 2 is 1.97 bits per heavy atom. The second-order valence-electron chi connectivity index (χ2n) is 7.15. The third kappa shape index (κ3) is 3.87. The van der Waals surface area contributed by atoms with Gasteiger partial charge in [0.2, 0.25) is 5.95 Å². The number of methoxy groups -OCH3 is 1. The van der Waals surface area contributed by atoms with E-state index in [-0.39, 0.29) is 5.95 Å². The molecule has 0 spiro atoms. The predicted molar refractivity (Wildman–Crippen MR) is 118 cm³/mol. The summed E-state index contributed by atoms with van der Waals surface area (Å²) >= 11 is 0. The predicted octanol–water partition coefficient (Wildman–Crippen LogP) is 4.49. The lowest BCUT2D eigenvalue weighted by Crippen LogP contribution is -2.08. The second kappa shape index (κ2) is 7.83. The van der Waals surface area contributed by atoms with Gasteiger partial charge in [0.15, 0.2) is 0 Å². The van der Waals surface area contributed by atoms with E-state index in [0.717, 1.165) is 41.3 Å². The first-order valence-electron chi connectivity index (χ1n) is 9.64. The van der Waals surface area contributed by atoms with Gasteiger partial charge in [0.25, 0.3) is 0 Å². The van der Waals surface area contributed by atoms with Crippen LogP contribution >= 0.6 is 0 Å². The van der Waals surface area contributed by atoms with Gasteiger partial charge in [-0.15, -0.1) is 0 Å². The summed E-state index contributed by atoms with van der Waals surface area (Å²) in [6.45, 7) is 4.93. The molecule has 0 bridgehead atoms. The molecular weight excluding hydrogens is 362 g/mol. The van der Waals surface area contributed by atoms with E-state index < -0.39 is 0 Å². The number of fused-ring (bicyclic) bond motifs is 1. The fourth-order valence-corrected chi connectivity index (χ4v) is 3.55. The van der Waals surface area contributed by atoms with Crippen molar-refractivity contribution in [2.75, 3.05) is 24.7 Å². The number of aryl methyl sites for hydroxylation is 1. The minimum Gasteiger partial charge on any atom is -0.497 e. The highest BCUT2D eigenvalue weighted by atomic mass is 16.5. The van der Waals surface area contributed by atoms with Crippen molar-refractivity contribution in [3.8, 4) is 17.0 Å². The minimum atomic E-state index is 0.269. The fraction of sp³-hybridized carbons (Fsp3) is 0.217. The van der Waals surface area contributed by atoms with Crippen LogP contribution in [-0.4, -0.2) is 28.6 Å². The first-order chi connectivity index (χ1) is 14.0. The van der Waals surface area contributed by atoms with Gasteiger partial charge in [-0.05, 0) is 49.1 Å². The summed E-state index contributed by atoms with van der Waals surface area (Å²) in [5.41, 5.74) is 12.6. The maximum Gasteiger partial charge on any atom is 0.222 e. The molecule has 29 heavy (non-hydrogen) atoms. The van der Waals surface area contributed by atoms with Crippen molar-refractivity contribution in [2.24, 2.45) is 0 Å². The molecule has 0 atom stereocenters. The summed E-state index contributed by atoms with van der Waals surface area (Å²) < 4.78 is 5.29. The van der Waals surface area contributed by atoms with Crippen molar-refractivity contribution < 1.29 is 4.74 Å². The molecule has 0 saturated heterocycles. The molecule has 2 heterocycles. The number of rotatable bonds is 6. The Morgan fingerprint density at radius 1 is 1.10 bits per heavy atom. The van der Waals surface area contributed by atoms with E-state index in [1.165, 1.54) is 22.1 Å². The van der Waals surface area contributed by atoms with Gasteiger partial charge < -0.3 is 20.8 Å². The van der Waals surface area contributed by atoms with Crippen molar-refractivity contribution >= 4 is 22.7 Å². The Kier molecular flexibility index (Phi) is 5.08. The molecule has 0 fully saturated rings. The van der Waals surface area contributed by atoms with E-state index >= 15 is 0 Å². The molecule has 0 radical (unpaired) electrons. The summed E-state index contributed by atoms with van der Waals surface area (Å²) in [6.07, 6.45) is 2.90. The number of nitrogens with one attached hydrogen (secondary N) is 2. The standard InChI is InChI=1S/C23H25N5O/c1-14-5-4-6-18(15(14)2)21-12-22(28-23(24)27-21)25-10-9-16-13-26-20-11-17(29-3)7-8-19(16)20/h4-8,11-13,26H,9-10H2,1-3H3,(H3,24,25,27,28). The molecule has 4 N–H and O–H groups in total. The number of hydrogen-bond acceptors (Lipinski definition) is 5. The van der Waals surface area contributed by atoms with Gasteiger partial charge in [-0.3, -0.25) is 0 Å². The van der Waals surface area contributed by atoms with Crippen molar-refractivity contribution in [3.05, 3.63) is 65.4 Å². The summed E-state index contributed by atoms with van der Waals surface area (Å²) in [5.74, 6) is 1.85. The molecule has 2 aromatic carbocycles. The second-order valence-corrected chi connectivity index (χ2v) is 7.15. The van der Waals surface area contributed by atoms with E-state index in [4.69, 9.17) is 10.5 Å². The summed E-state index contributed by atoms with van der Waals surface area (Å²) in [4.78, 5) is 12.1. The van der Waals surface area contributed by atoms with Crippen LogP contribution < -0.4 is 15.8 Å². The molecule has 0 aliphatic carbocycles. The Labute approximate surface area is 170 Å². The zero-order chi connectivity index (χ0) is 20.4. The monoisotopic (exact) mass is 387 g/mol. The van der Waals surface area contributed by atoms with Crippen LogP contribution in [-0.2, 0) is 6.42 Å². The number of benzene rings is 2. The summed E-state index contributed by atoms with van der Waals surface area (Å²) in [5, 5.41) is 4.59. The first kappa shape index (κ1) is 18.8. The average molecular weight is 387 g/mol. The van der Waals surface area contributed by atoms with Crippen LogP contribution in [0.3, 0.4) is 0 Å². The number of hydrogen-bond donors (Lipinski definition) is 3. The first-order valence-corrected chi connectivity index (χ1v) is 9.64.